The molecule has 2 unspecified atom stereocenters. The first-order valence-electron chi connectivity index (χ1n) is 6.66. The number of β-amino-alcohol motifs (C(OH)–C–C–N with tert-alkyl or cyclic N) is 2. The minimum Gasteiger partial charge on any atom is -0.389 e. The van der Waals surface area contributed by atoms with Crippen molar-refractivity contribution >= 4 is 5.69 Å². The van der Waals surface area contributed by atoms with E-state index < -0.39 is 12.2 Å². The second-order valence-electron chi connectivity index (χ2n) is 5.32. The lowest BCUT2D eigenvalue weighted by atomic mass is 10.1. The number of rotatable bonds is 4. The molecule has 1 aromatic rings. The topological polar surface area (TPSA) is 55.7 Å². The number of benzene rings is 1. The monoisotopic (exact) mass is 248 g/mol. The molecule has 1 aliphatic heterocycles. The van der Waals surface area contributed by atoms with E-state index in [4.69, 9.17) is 0 Å². The van der Waals surface area contributed by atoms with E-state index in [-0.39, 0.29) is 0 Å². The van der Waals surface area contributed by atoms with Gasteiger partial charge in [-0.2, -0.15) is 0 Å². The van der Waals surface area contributed by atoms with E-state index in [0.29, 0.717) is 19.1 Å². The highest BCUT2D eigenvalue weighted by Crippen LogP contribution is 2.26. The molecule has 98 valence electrons. The van der Waals surface area contributed by atoms with Crippen LogP contribution in [-0.4, -0.2) is 41.6 Å². The molecule has 0 radical (unpaired) electrons. The SMILES string of the molecule is OC1CN(c2ccccc2CNC2CC2)CC1O. The Labute approximate surface area is 107 Å². The molecule has 0 amide bonds. The van der Waals surface area contributed by atoms with Gasteiger partial charge in [-0.15, -0.1) is 0 Å². The van der Waals surface area contributed by atoms with E-state index >= 15 is 0 Å². The number of para-hydroxylation sites is 1. The highest BCUT2D eigenvalue weighted by Gasteiger charge is 2.30. The molecule has 0 aromatic heterocycles. The normalized spacial score (nSPS) is 27.8. The minimum atomic E-state index is -0.630. The molecule has 2 fully saturated rings. The fourth-order valence-corrected chi connectivity index (χ4v) is 2.48. The van der Waals surface area contributed by atoms with Crippen molar-refractivity contribution in [1.29, 1.82) is 0 Å². The van der Waals surface area contributed by atoms with Gasteiger partial charge in [-0.3, -0.25) is 0 Å². The zero-order valence-electron chi connectivity index (χ0n) is 10.4. The number of anilines is 1. The number of nitrogens with zero attached hydrogens (tertiary/aromatic N) is 1. The maximum absolute atomic E-state index is 9.64. The Bertz CT molecular complexity index is 410. The maximum atomic E-state index is 9.64. The molecule has 1 saturated heterocycles. The predicted molar refractivity (Wildman–Crippen MR) is 70.5 cm³/mol. The molecule has 18 heavy (non-hydrogen) atoms. The minimum absolute atomic E-state index is 0.515. The zero-order valence-corrected chi connectivity index (χ0v) is 10.4. The molecule has 0 bridgehead atoms. The van der Waals surface area contributed by atoms with Crippen LogP contribution in [0.15, 0.2) is 24.3 Å². The molecule has 2 atom stereocenters. The molecule has 1 aromatic carbocycles. The third kappa shape index (κ3) is 2.51. The fraction of sp³-hybridized carbons (Fsp3) is 0.571. The average molecular weight is 248 g/mol. The number of nitrogens with one attached hydrogen (secondary N) is 1. The van der Waals surface area contributed by atoms with E-state index in [9.17, 15) is 10.2 Å². The van der Waals surface area contributed by atoms with Crippen molar-refractivity contribution in [2.24, 2.45) is 0 Å². The molecule has 4 heteroatoms. The summed E-state index contributed by atoms with van der Waals surface area (Å²) in [7, 11) is 0. The van der Waals surface area contributed by atoms with Crippen LogP contribution in [-0.2, 0) is 6.54 Å². The van der Waals surface area contributed by atoms with Crippen LogP contribution in [0.25, 0.3) is 0 Å². The van der Waals surface area contributed by atoms with Crippen molar-refractivity contribution in [3.8, 4) is 0 Å². The summed E-state index contributed by atoms with van der Waals surface area (Å²) >= 11 is 0. The smallest absolute Gasteiger partial charge is 0.0990 e. The maximum Gasteiger partial charge on any atom is 0.0990 e. The lowest BCUT2D eigenvalue weighted by Crippen LogP contribution is -2.24. The number of hydrogen-bond donors (Lipinski definition) is 3. The average Bonchev–Trinajstić information content (AvgIpc) is 3.14. The molecule has 4 nitrogen and oxygen atoms in total. The summed E-state index contributed by atoms with van der Waals surface area (Å²) in [5, 5.41) is 22.8. The first-order valence-corrected chi connectivity index (χ1v) is 6.66. The Morgan fingerprint density at radius 1 is 1.11 bits per heavy atom. The lowest BCUT2D eigenvalue weighted by Gasteiger charge is -2.21. The van der Waals surface area contributed by atoms with Crippen LogP contribution in [0.1, 0.15) is 18.4 Å². The third-order valence-corrected chi connectivity index (χ3v) is 3.75. The molecule has 3 rings (SSSR count). The Balaban J connectivity index is 1.73. The van der Waals surface area contributed by atoms with E-state index in [2.05, 4.69) is 22.3 Å². The van der Waals surface area contributed by atoms with E-state index in [0.717, 1.165) is 12.2 Å². The van der Waals surface area contributed by atoms with Gasteiger partial charge in [0.2, 0.25) is 0 Å². The second kappa shape index (κ2) is 4.88. The van der Waals surface area contributed by atoms with Crippen LogP contribution in [0.3, 0.4) is 0 Å². The van der Waals surface area contributed by atoms with Gasteiger partial charge in [-0.1, -0.05) is 18.2 Å². The van der Waals surface area contributed by atoms with Gasteiger partial charge in [0.25, 0.3) is 0 Å². The number of hydrogen-bond acceptors (Lipinski definition) is 4. The van der Waals surface area contributed by atoms with Crippen molar-refractivity contribution in [3.05, 3.63) is 29.8 Å². The largest absolute Gasteiger partial charge is 0.389 e. The summed E-state index contributed by atoms with van der Waals surface area (Å²) in [4.78, 5) is 2.07. The molecule has 0 spiro atoms. The van der Waals surface area contributed by atoms with Gasteiger partial charge in [0.1, 0.15) is 0 Å². The fourth-order valence-electron chi connectivity index (χ4n) is 2.48. The van der Waals surface area contributed by atoms with Crippen molar-refractivity contribution in [2.75, 3.05) is 18.0 Å². The van der Waals surface area contributed by atoms with Crippen molar-refractivity contribution in [1.82, 2.24) is 5.32 Å². The Hall–Kier alpha value is -1.10. The van der Waals surface area contributed by atoms with Gasteiger partial charge in [0, 0.05) is 31.4 Å². The second-order valence-corrected chi connectivity index (χ2v) is 5.32. The lowest BCUT2D eigenvalue weighted by molar-refractivity contribution is 0.0572. The van der Waals surface area contributed by atoms with Crippen LogP contribution in [0.5, 0.6) is 0 Å². The van der Waals surface area contributed by atoms with Crippen molar-refractivity contribution < 1.29 is 10.2 Å². The number of aliphatic hydroxyl groups excluding tert-OH is 2. The summed E-state index contributed by atoms with van der Waals surface area (Å²) in [6, 6.07) is 8.91. The first-order chi connectivity index (χ1) is 8.74. The predicted octanol–water partition coefficient (Wildman–Crippen LogP) is 0.480. The van der Waals surface area contributed by atoms with Gasteiger partial charge >= 0.3 is 0 Å². The summed E-state index contributed by atoms with van der Waals surface area (Å²) in [5.41, 5.74) is 2.37. The molecule has 2 aliphatic rings. The first kappa shape index (κ1) is 12.0. The highest BCUT2D eigenvalue weighted by molar-refractivity contribution is 5.55. The zero-order chi connectivity index (χ0) is 12.5. The van der Waals surface area contributed by atoms with E-state index in [1.54, 1.807) is 0 Å². The van der Waals surface area contributed by atoms with Crippen LogP contribution in [0.4, 0.5) is 5.69 Å². The van der Waals surface area contributed by atoms with Gasteiger partial charge in [-0.25, -0.2) is 0 Å². The molecular weight excluding hydrogens is 228 g/mol. The summed E-state index contributed by atoms with van der Waals surface area (Å²) in [6.07, 6.45) is 1.30. The Morgan fingerprint density at radius 2 is 1.78 bits per heavy atom. The van der Waals surface area contributed by atoms with Gasteiger partial charge < -0.3 is 20.4 Å². The molecule has 3 N–H and O–H groups in total. The van der Waals surface area contributed by atoms with Crippen molar-refractivity contribution in [3.63, 3.8) is 0 Å². The van der Waals surface area contributed by atoms with Crippen LogP contribution >= 0.6 is 0 Å². The van der Waals surface area contributed by atoms with Gasteiger partial charge in [0.05, 0.1) is 12.2 Å². The van der Waals surface area contributed by atoms with E-state index in [1.807, 2.05) is 12.1 Å². The third-order valence-electron chi connectivity index (χ3n) is 3.75. The molecule has 1 saturated carbocycles. The Kier molecular flexibility index (Phi) is 3.24. The summed E-state index contributed by atoms with van der Waals surface area (Å²) < 4.78 is 0. The quantitative estimate of drug-likeness (QED) is 0.725. The summed E-state index contributed by atoms with van der Waals surface area (Å²) in [6.45, 7) is 1.90. The van der Waals surface area contributed by atoms with Crippen molar-refractivity contribution in [2.45, 2.75) is 37.6 Å². The van der Waals surface area contributed by atoms with Crippen LogP contribution in [0.2, 0.25) is 0 Å². The molecule has 1 heterocycles. The van der Waals surface area contributed by atoms with Crippen LogP contribution < -0.4 is 10.2 Å². The highest BCUT2D eigenvalue weighted by atomic mass is 16.3. The molecular formula is C14H20N2O2. The van der Waals surface area contributed by atoms with E-state index in [1.165, 1.54) is 18.4 Å². The summed E-state index contributed by atoms with van der Waals surface area (Å²) in [5.74, 6) is 0. The molecule has 1 aliphatic carbocycles. The standard InChI is InChI=1S/C14H20N2O2/c17-13-8-16(9-14(13)18)12-4-2-1-3-10(12)7-15-11-5-6-11/h1-4,11,13-15,17-18H,5-9H2. The van der Waals surface area contributed by atoms with Crippen LogP contribution in [0, 0.1) is 0 Å². The van der Waals surface area contributed by atoms with Gasteiger partial charge in [0.15, 0.2) is 0 Å². The Morgan fingerprint density at radius 3 is 2.44 bits per heavy atom. The van der Waals surface area contributed by atoms with Gasteiger partial charge in [-0.05, 0) is 24.5 Å². The number of aliphatic hydroxyl groups is 2.